The summed E-state index contributed by atoms with van der Waals surface area (Å²) in [5, 5.41) is 10.6. The minimum absolute atomic E-state index is 0.161. The van der Waals surface area contributed by atoms with Crippen LogP contribution in [0, 0.1) is 17.5 Å². The Hall–Kier alpha value is -2.05. The molecule has 1 rings (SSSR count). The highest BCUT2D eigenvalue weighted by atomic mass is 19.2. The second-order valence-corrected chi connectivity index (χ2v) is 3.22. The monoisotopic (exact) mass is 247 g/mol. The Bertz CT molecular complexity index is 451. The third kappa shape index (κ3) is 3.20. The number of carboxylic acid groups (broad SMARTS) is 1. The van der Waals surface area contributed by atoms with Crippen LogP contribution in [-0.2, 0) is 9.59 Å². The Labute approximate surface area is 94.1 Å². The molecule has 0 aromatic heterocycles. The summed E-state index contributed by atoms with van der Waals surface area (Å²) < 4.78 is 38.8. The van der Waals surface area contributed by atoms with Crippen molar-refractivity contribution in [2.45, 2.75) is 12.5 Å². The molecule has 0 saturated carbocycles. The molecule has 0 heterocycles. The summed E-state index contributed by atoms with van der Waals surface area (Å²) in [5.74, 6) is -5.13. The molecule has 0 aliphatic rings. The number of carboxylic acids is 1. The van der Waals surface area contributed by atoms with Crippen LogP contribution in [0.1, 0.15) is 18.0 Å². The highest BCUT2D eigenvalue weighted by Crippen LogP contribution is 2.22. The summed E-state index contributed by atoms with van der Waals surface area (Å²) in [5.41, 5.74) is -0.418. The van der Waals surface area contributed by atoms with Gasteiger partial charge in [-0.1, -0.05) is 0 Å². The lowest BCUT2D eigenvalue weighted by atomic mass is 10.0. The molecular weight excluding hydrogens is 239 g/mol. The van der Waals surface area contributed by atoms with Crippen molar-refractivity contribution in [2.75, 3.05) is 0 Å². The molecule has 17 heavy (non-hydrogen) atoms. The van der Waals surface area contributed by atoms with Gasteiger partial charge in [-0.05, 0) is 6.07 Å². The highest BCUT2D eigenvalue weighted by molar-refractivity contribution is 5.68. The molecule has 0 aliphatic heterocycles. The zero-order valence-corrected chi connectivity index (χ0v) is 8.41. The van der Waals surface area contributed by atoms with E-state index in [1.807, 2.05) is 5.32 Å². The number of halogens is 3. The minimum atomic E-state index is -1.38. The van der Waals surface area contributed by atoms with Gasteiger partial charge in [-0.2, -0.15) is 0 Å². The average molecular weight is 247 g/mol. The van der Waals surface area contributed by atoms with Gasteiger partial charge in [0.2, 0.25) is 6.41 Å². The SMILES string of the molecule is O=CN[C@H](CC(=O)O)c1cc(F)c(F)cc1F. The molecule has 4 nitrogen and oxygen atoms in total. The normalized spacial score (nSPS) is 11.9. The second kappa shape index (κ2) is 5.33. The molecule has 0 bridgehead atoms. The number of rotatable bonds is 5. The summed E-state index contributed by atoms with van der Waals surface area (Å²) in [6, 6.07) is -0.430. The maximum atomic E-state index is 13.3. The molecule has 7 heteroatoms. The van der Waals surface area contributed by atoms with Crippen molar-refractivity contribution >= 4 is 12.4 Å². The molecule has 0 saturated heterocycles. The van der Waals surface area contributed by atoms with E-state index in [1.165, 1.54) is 0 Å². The molecule has 1 aromatic carbocycles. The highest BCUT2D eigenvalue weighted by Gasteiger charge is 2.20. The van der Waals surface area contributed by atoms with E-state index in [-0.39, 0.29) is 6.41 Å². The molecule has 92 valence electrons. The first-order valence-electron chi connectivity index (χ1n) is 4.51. The Morgan fingerprint density at radius 1 is 1.29 bits per heavy atom. The second-order valence-electron chi connectivity index (χ2n) is 3.22. The number of benzene rings is 1. The van der Waals surface area contributed by atoms with Crippen LogP contribution in [-0.4, -0.2) is 17.5 Å². The van der Waals surface area contributed by atoms with Gasteiger partial charge in [0.15, 0.2) is 11.6 Å². The summed E-state index contributed by atoms with van der Waals surface area (Å²) in [6.07, 6.45) is -0.477. The van der Waals surface area contributed by atoms with E-state index in [1.54, 1.807) is 0 Å². The van der Waals surface area contributed by atoms with E-state index in [0.717, 1.165) is 0 Å². The number of aliphatic carboxylic acids is 1. The van der Waals surface area contributed by atoms with Crippen LogP contribution in [0.25, 0.3) is 0 Å². The first-order chi connectivity index (χ1) is 7.95. The molecule has 1 amide bonds. The van der Waals surface area contributed by atoms with Crippen molar-refractivity contribution < 1.29 is 27.9 Å². The number of carbonyl (C=O) groups excluding carboxylic acids is 1. The van der Waals surface area contributed by atoms with E-state index < -0.39 is 41.4 Å². The maximum Gasteiger partial charge on any atom is 0.305 e. The third-order valence-electron chi connectivity index (χ3n) is 2.06. The van der Waals surface area contributed by atoms with Gasteiger partial charge in [-0.15, -0.1) is 0 Å². The Balaban J connectivity index is 3.12. The number of carbonyl (C=O) groups is 2. The van der Waals surface area contributed by atoms with Gasteiger partial charge in [-0.3, -0.25) is 9.59 Å². The van der Waals surface area contributed by atoms with Crippen molar-refractivity contribution in [3.8, 4) is 0 Å². The van der Waals surface area contributed by atoms with Crippen LogP contribution < -0.4 is 5.32 Å². The van der Waals surface area contributed by atoms with Gasteiger partial charge in [0.05, 0.1) is 12.5 Å². The first kappa shape index (κ1) is 13.0. The van der Waals surface area contributed by atoms with Gasteiger partial charge in [0.25, 0.3) is 0 Å². The number of hydrogen-bond donors (Lipinski definition) is 2. The molecule has 2 N–H and O–H groups in total. The van der Waals surface area contributed by atoms with Crippen molar-refractivity contribution in [3.05, 3.63) is 35.1 Å². The van der Waals surface area contributed by atoms with Crippen LogP contribution in [0.15, 0.2) is 12.1 Å². The lowest BCUT2D eigenvalue weighted by molar-refractivity contribution is -0.137. The van der Waals surface area contributed by atoms with E-state index in [4.69, 9.17) is 5.11 Å². The smallest absolute Gasteiger partial charge is 0.305 e. The fourth-order valence-electron chi connectivity index (χ4n) is 1.32. The van der Waals surface area contributed by atoms with Gasteiger partial charge >= 0.3 is 5.97 Å². The summed E-state index contributed by atoms with van der Waals surface area (Å²) >= 11 is 0. The van der Waals surface area contributed by atoms with Gasteiger partial charge < -0.3 is 10.4 Å². The van der Waals surface area contributed by atoms with Gasteiger partial charge in [0, 0.05) is 11.6 Å². The largest absolute Gasteiger partial charge is 0.481 e. The number of amides is 1. The topological polar surface area (TPSA) is 66.4 Å². The lowest BCUT2D eigenvalue weighted by Gasteiger charge is -2.15. The maximum absolute atomic E-state index is 13.3. The van der Waals surface area contributed by atoms with Crippen molar-refractivity contribution in [1.29, 1.82) is 0 Å². The van der Waals surface area contributed by atoms with Crippen molar-refractivity contribution in [2.24, 2.45) is 0 Å². The van der Waals surface area contributed by atoms with Crippen molar-refractivity contribution in [3.63, 3.8) is 0 Å². The van der Waals surface area contributed by atoms with Crippen LogP contribution in [0.2, 0.25) is 0 Å². The zero-order valence-electron chi connectivity index (χ0n) is 8.41. The Morgan fingerprint density at radius 3 is 2.41 bits per heavy atom. The Kier molecular flexibility index (Phi) is 4.08. The number of hydrogen-bond acceptors (Lipinski definition) is 2. The average Bonchev–Trinajstić information content (AvgIpc) is 2.22. The molecule has 0 fully saturated rings. The fraction of sp³-hybridized carbons (Fsp3) is 0.200. The summed E-state index contributed by atoms with van der Waals surface area (Å²) in [4.78, 5) is 20.7. The quantitative estimate of drug-likeness (QED) is 0.610. The van der Waals surface area contributed by atoms with E-state index in [9.17, 15) is 22.8 Å². The third-order valence-corrected chi connectivity index (χ3v) is 2.06. The van der Waals surface area contributed by atoms with Crippen LogP contribution in [0.5, 0.6) is 0 Å². The van der Waals surface area contributed by atoms with E-state index in [0.29, 0.717) is 12.1 Å². The molecule has 0 spiro atoms. The molecule has 1 aromatic rings. The van der Waals surface area contributed by atoms with Crippen LogP contribution in [0.3, 0.4) is 0 Å². The van der Waals surface area contributed by atoms with Crippen LogP contribution in [0.4, 0.5) is 13.2 Å². The van der Waals surface area contributed by atoms with E-state index >= 15 is 0 Å². The molecule has 0 aliphatic carbocycles. The predicted octanol–water partition coefficient (Wildman–Crippen LogP) is 1.37. The van der Waals surface area contributed by atoms with Gasteiger partial charge in [0.1, 0.15) is 5.82 Å². The molecular formula is C10H8F3NO3. The first-order valence-corrected chi connectivity index (χ1v) is 4.51. The predicted molar refractivity (Wildman–Crippen MR) is 50.5 cm³/mol. The zero-order chi connectivity index (χ0) is 13.0. The summed E-state index contributed by atoms with van der Waals surface area (Å²) in [6.45, 7) is 0. The number of nitrogens with one attached hydrogen (secondary N) is 1. The van der Waals surface area contributed by atoms with Crippen LogP contribution >= 0.6 is 0 Å². The molecule has 0 radical (unpaired) electrons. The summed E-state index contributed by atoms with van der Waals surface area (Å²) in [7, 11) is 0. The fourth-order valence-corrected chi connectivity index (χ4v) is 1.32. The van der Waals surface area contributed by atoms with Crippen molar-refractivity contribution in [1.82, 2.24) is 5.32 Å². The van der Waals surface area contributed by atoms with Gasteiger partial charge in [-0.25, -0.2) is 13.2 Å². The molecule has 0 unspecified atom stereocenters. The van der Waals surface area contributed by atoms with E-state index in [2.05, 4.69) is 0 Å². The standard InChI is InChI=1S/C10H8F3NO3/c11-6-2-8(13)7(12)1-5(6)9(14-4-15)3-10(16)17/h1-2,4,9H,3H2,(H,14,15)(H,16,17)/t9-/m1/s1. The Morgan fingerprint density at radius 2 is 1.88 bits per heavy atom. The molecule has 1 atom stereocenters. The lowest BCUT2D eigenvalue weighted by Crippen LogP contribution is -2.23. The minimum Gasteiger partial charge on any atom is -0.481 e.